The second kappa shape index (κ2) is 9.16. The van der Waals surface area contributed by atoms with Gasteiger partial charge in [0.2, 0.25) is 0 Å². The summed E-state index contributed by atoms with van der Waals surface area (Å²) in [6.45, 7) is 0. The zero-order valence-electron chi connectivity index (χ0n) is 4.63. The maximum absolute atomic E-state index is 9.64. The molecule has 0 aromatic rings. The minimum atomic E-state index is -1.08. The summed E-state index contributed by atoms with van der Waals surface area (Å²) in [6.07, 6.45) is -0.593. The third-order valence-corrected chi connectivity index (χ3v) is 0.553. The first-order valence-corrected chi connectivity index (χ1v) is 2.06. The molecule has 10 heavy (non-hydrogen) atoms. The van der Waals surface area contributed by atoms with E-state index in [1.54, 1.807) is 0 Å². The van der Waals surface area contributed by atoms with Gasteiger partial charge in [-0.25, -0.2) is 0 Å². The predicted molar refractivity (Wildman–Crippen MR) is 36.7 cm³/mol. The van der Waals surface area contributed by atoms with Gasteiger partial charge in [-0.15, -0.1) is 0 Å². The molecule has 0 aliphatic heterocycles. The summed E-state index contributed by atoms with van der Waals surface area (Å²) in [5.41, 5.74) is 0. The molecular weight excluding hydrogens is 168 g/mol. The average Bonchev–Trinajstić information content (AvgIpc) is 1.61. The number of carboxylic acid groups (broad SMARTS) is 2. The van der Waals surface area contributed by atoms with E-state index in [4.69, 9.17) is 10.2 Å². The normalized spacial score (nSPS) is 6.80. The number of hydrogen-bond acceptors (Lipinski definition) is 2. The minimum absolute atomic E-state index is 0. The fourth-order valence-corrected chi connectivity index (χ4v) is 0.214. The molecule has 5 nitrogen and oxygen atoms in total. The van der Waals surface area contributed by atoms with Crippen molar-refractivity contribution in [1.29, 1.82) is 0 Å². The molecule has 0 unspecified atom stereocenters. The zero-order valence-corrected chi connectivity index (χ0v) is 4.63. The Bertz CT molecular complexity index is 98.2. The van der Waals surface area contributed by atoms with Gasteiger partial charge in [0.25, 0.3) is 0 Å². The molecule has 0 radical (unpaired) electrons. The number of rotatable bonds is 3. The summed E-state index contributed by atoms with van der Waals surface area (Å²) >= 11 is 0. The molecule has 0 aromatic carbocycles. The van der Waals surface area contributed by atoms with Gasteiger partial charge in [-0.1, -0.05) is 0 Å². The quantitative estimate of drug-likeness (QED) is 0.497. The molecule has 0 aliphatic rings. The van der Waals surface area contributed by atoms with Crippen LogP contribution < -0.4 is 0 Å². The second-order valence-electron chi connectivity index (χ2n) is 1.29. The van der Waals surface area contributed by atoms with Crippen molar-refractivity contribution >= 4 is 49.7 Å². The van der Waals surface area contributed by atoms with Crippen molar-refractivity contribution in [3.63, 3.8) is 0 Å². The molecule has 0 saturated carbocycles. The standard InChI is InChI=1S/C4H6O4.Ca.H2O.2H/c5-3(6)1-2-4(7)8;;;;/h1-2H2,(H,5,6)(H,7,8);;1H2;;. The van der Waals surface area contributed by atoms with Crippen LogP contribution in [0.2, 0.25) is 0 Å². The van der Waals surface area contributed by atoms with Gasteiger partial charge in [0.15, 0.2) is 0 Å². The van der Waals surface area contributed by atoms with Crippen molar-refractivity contribution in [2.24, 2.45) is 0 Å². The molecule has 0 aromatic heterocycles. The van der Waals surface area contributed by atoms with E-state index in [-0.39, 0.29) is 56.1 Å². The van der Waals surface area contributed by atoms with Crippen LogP contribution in [-0.2, 0) is 9.59 Å². The number of carboxylic acids is 2. The summed E-state index contributed by atoms with van der Waals surface area (Å²) < 4.78 is 0. The number of hydrogen-bond donors (Lipinski definition) is 2. The summed E-state index contributed by atoms with van der Waals surface area (Å²) in [5.74, 6) is -2.15. The molecule has 0 fully saturated rings. The van der Waals surface area contributed by atoms with Crippen LogP contribution in [-0.4, -0.2) is 65.4 Å². The van der Waals surface area contributed by atoms with Crippen LogP contribution in [0, 0.1) is 0 Å². The van der Waals surface area contributed by atoms with Gasteiger partial charge in [-0.05, 0) is 0 Å². The van der Waals surface area contributed by atoms with Gasteiger partial charge in [0.1, 0.15) is 0 Å². The van der Waals surface area contributed by atoms with Crippen LogP contribution in [0.4, 0.5) is 0 Å². The topological polar surface area (TPSA) is 106 Å². The Balaban J connectivity index is -0.000000245. The summed E-state index contributed by atoms with van der Waals surface area (Å²) in [5, 5.41) is 15.8. The zero-order chi connectivity index (χ0) is 6.57. The van der Waals surface area contributed by atoms with E-state index in [0.29, 0.717) is 0 Å². The maximum atomic E-state index is 9.64. The molecule has 0 bridgehead atoms. The van der Waals surface area contributed by atoms with Crippen molar-refractivity contribution in [3.05, 3.63) is 0 Å². The van der Waals surface area contributed by atoms with Crippen LogP contribution in [0.5, 0.6) is 0 Å². The van der Waals surface area contributed by atoms with E-state index in [1.165, 1.54) is 0 Å². The molecule has 58 valence electrons. The van der Waals surface area contributed by atoms with Gasteiger partial charge < -0.3 is 15.7 Å². The molecule has 6 heteroatoms. The monoisotopic (exact) mass is 178 g/mol. The van der Waals surface area contributed by atoms with E-state index in [1.807, 2.05) is 0 Å². The first kappa shape index (κ1) is 16.6. The van der Waals surface area contributed by atoms with Crippen LogP contribution >= 0.6 is 0 Å². The molecule has 0 atom stereocenters. The van der Waals surface area contributed by atoms with E-state index < -0.39 is 11.9 Å². The Morgan fingerprint density at radius 1 is 1.00 bits per heavy atom. The Morgan fingerprint density at radius 2 is 1.20 bits per heavy atom. The molecule has 0 aliphatic carbocycles. The van der Waals surface area contributed by atoms with E-state index in [0.717, 1.165) is 0 Å². The third-order valence-electron chi connectivity index (χ3n) is 0.553. The summed E-state index contributed by atoms with van der Waals surface area (Å²) in [6, 6.07) is 0. The Labute approximate surface area is 87.3 Å². The second-order valence-corrected chi connectivity index (χ2v) is 1.29. The van der Waals surface area contributed by atoms with Crippen molar-refractivity contribution in [2.75, 3.05) is 0 Å². The van der Waals surface area contributed by atoms with Gasteiger partial charge in [-0.3, -0.25) is 9.59 Å². The fourth-order valence-electron chi connectivity index (χ4n) is 0.214. The van der Waals surface area contributed by atoms with Crippen molar-refractivity contribution in [1.82, 2.24) is 0 Å². The van der Waals surface area contributed by atoms with Crippen LogP contribution in [0.3, 0.4) is 0 Å². The fraction of sp³-hybridized carbons (Fsp3) is 0.500. The molecule has 0 rings (SSSR count). The molecule has 0 heterocycles. The van der Waals surface area contributed by atoms with Crippen LogP contribution in [0.1, 0.15) is 12.8 Å². The van der Waals surface area contributed by atoms with Gasteiger partial charge in [0, 0.05) is 0 Å². The Kier molecular flexibility index (Phi) is 15.2. The molecule has 0 amide bonds. The van der Waals surface area contributed by atoms with E-state index in [2.05, 4.69) is 0 Å². The molecule has 4 N–H and O–H groups in total. The predicted octanol–water partition coefficient (Wildman–Crippen LogP) is -1.81. The number of carbonyl (C=O) groups is 2. The van der Waals surface area contributed by atoms with Gasteiger partial charge >= 0.3 is 49.7 Å². The van der Waals surface area contributed by atoms with Crippen molar-refractivity contribution < 1.29 is 25.3 Å². The van der Waals surface area contributed by atoms with E-state index in [9.17, 15) is 9.59 Å². The van der Waals surface area contributed by atoms with Crippen molar-refractivity contribution in [2.45, 2.75) is 12.8 Å². The summed E-state index contributed by atoms with van der Waals surface area (Å²) in [4.78, 5) is 19.3. The summed E-state index contributed by atoms with van der Waals surface area (Å²) in [7, 11) is 0. The van der Waals surface area contributed by atoms with Crippen LogP contribution in [0.15, 0.2) is 0 Å². The van der Waals surface area contributed by atoms with Crippen molar-refractivity contribution in [3.8, 4) is 0 Å². The first-order valence-electron chi connectivity index (χ1n) is 2.06. The SMILES string of the molecule is O.O=C(O)CCC(=O)O.[CaH2]. The molecular formula is C4H10CaO5. The van der Waals surface area contributed by atoms with Gasteiger partial charge in [0.05, 0.1) is 12.8 Å². The molecule has 0 spiro atoms. The average molecular weight is 178 g/mol. The van der Waals surface area contributed by atoms with Crippen LogP contribution in [0.25, 0.3) is 0 Å². The Hall–Kier alpha value is 0.160. The first-order chi connectivity index (χ1) is 3.63. The van der Waals surface area contributed by atoms with E-state index >= 15 is 0 Å². The molecule has 0 saturated heterocycles. The van der Waals surface area contributed by atoms with Gasteiger partial charge in [-0.2, -0.15) is 0 Å². The number of aliphatic carboxylic acids is 2. The Morgan fingerprint density at radius 3 is 1.30 bits per heavy atom. The third kappa shape index (κ3) is 15.7.